The van der Waals surface area contributed by atoms with Gasteiger partial charge in [0.05, 0.1) is 25.3 Å². The van der Waals surface area contributed by atoms with Gasteiger partial charge in [0.15, 0.2) is 0 Å². The molecule has 0 bridgehead atoms. The molecule has 0 heterocycles. The number of amides is 1. The van der Waals surface area contributed by atoms with Crippen molar-refractivity contribution in [3.63, 3.8) is 0 Å². The minimum Gasteiger partial charge on any atom is -0.495 e. The van der Waals surface area contributed by atoms with Crippen LogP contribution in [-0.2, 0) is 9.47 Å². The van der Waals surface area contributed by atoms with Crippen molar-refractivity contribution in [1.82, 2.24) is 5.32 Å². The van der Waals surface area contributed by atoms with E-state index in [1.54, 1.807) is 39.0 Å². The van der Waals surface area contributed by atoms with Crippen LogP contribution >= 0.6 is 0 Å². The monoisotopic (exact) mass is 333 g/mol. The first-order chi connectivity index (χ1) is 11.3. The Morgan fingerprint density at radius 2 is 1.92 bits per heavy atom. The standard InChI is InChI=1S/C18H23NO5/c1-18(2,3)24-17(21)19-11-7-6-8-13-12-14(16(20)23-5)9-10-15(13)22-4/h9-10,12H,7,11H2,1-5H3,(H,19,21). The van der Waals surface area contributed by atoms with Crippen LogP contribution in [0.1, 0.15) is 43.1 Å². The molecule has 1 rings (SSSR count). The van der Waals surface area contributed by atoms with E-state index in [9.17, 15) is 9.59 Å². The molecule has 1 aromatic carbocycles. The van der Waals surface area contributed by atoms with Crippen LogP contribution in [0, 0.1) is 11.8 Å². The van der Waals surface area contributed by atoms with Crippen molar-refractivity contribution in [3.8, 4) is 17.6 Å². The normalized spacial score (nSPS) is 10.2. The molecule has 0 atom stereocenters. The van der Waals surface area contributed by atoms with Crippen molar-refractivity contribution in [1.29, 1.82) is 0 Å². The molecule has 0 saturated carbocycles. The quantitative estimate of drug-likeness (QED) is 0.521. The third kappa shape index (κ3) is 6.61. The average Bonchev–Trinajstić information content (AvgIpc) is 2.51. The van der Waals surface area contributed by atoms with E-state index in [1.807, 2.05) is 0 Å². The van der Waals surface area contributed by atoms with Crippen LogP contribution in [0.4, 0.5) is 4.79 Å². The van der Waals surface area contributed by atoms with Crippen LogP contribution in [0.3, 0.4) is 0 Å². The highest BCUT2D eigenvalue weighted by Crippen LogP contribution is 2.19. The summed E-state index contributed by atoms with van der Waals surface area (Å²) in [6.45, 7) is 5.76. The molecule has 24 heavy (non-hydrogen) atoms. The highest BCUT2D eigenvalue weighted by atomic mass is 16.6. The van der Waals surface area contributed by atoms with Crippen molar-refractivity contribution in [3.05, 3.63) is 29.3 Å². The predicted molar refractivity (Wildman–Crippen MR) is 90.1 cm³/mol. The van der Waals surface area contributed by atoms with E-state index >= 15 is 0 Å². The van der Waals surface area contributed by atoms with Gasteiger partial charge < -0.3 is 19.5 Å². The van der Waals surface area contributed by atoms with Gasteiger partial charge in [-0.05, 0) is 39.0 Å². The highest BCUT2D eigenvalue weighted by Gasteiger charge is 2.15. The predicted octanol–water partition coefficient (Wildman–Crippen LogP) is 2.75. The molecule has 1 aromatic rings. The lowest BCUT2D eigenvalue weighted by atomic mass is 10.1. The number of alkyl carbamates (subject to hydrolysis) is 1. The first kappa shape index (κ1) is 19.4. The maximum Gasteiger partial charge on any atom is 0.407 e. The van der Waals surface area contributed by atoms with Gasteiger partial charge in [0.2, 0.25) is 0 Å². The summed E-state index contributed by atoms with van der Waals surface area (Å²) in [6.07, 6.45) is -0.0419. The lowest BCUT2D eigenvalue weighted by Crippen LogP contribution is -2.32. The maximum atomic E-state index is 11.6. The fourth-order valence-corrected chi connectivity index (χ4v) is 1.75. The van der Waals surface area contributed by atoms with Gasteiger partial charge in [0, 0.05) is 13.0 Å². The smallest absolute Gasteiger partial charge is 0.407 e. The van der Waals surface area contributed by atoms with Crippen LogP contribution in [0.25, 0.3) is 0 Å². The van der Waals surface area contributed by atoms with Crippen molar-refractivity contribution in [2.75, 3.05) is 20.8 Å². The first-order valence-corrected chi connectivity index (χ1v) is 7.49. The Balaban J connectivity index is 2.65. The Morgan fingerprint density at radius 1 is 1.21 bits per heavy atom. The van der Waals surface area contributed by atoms with E-state index in [1.165, 1.54) is 14.2 Å². The molecule has 0 aliphatic rings. The van der Waals surface area contributed by atoms with Gasteiger partial charge in [0.1, 0.15) is 11.4 Å². The summed E-state index contributed by atoms with van der Waals surface area (Å²) in [5, 5.41) is 2.62. The molecule has 0 spiro atoms. The highest BCUT2D eigenvalue weighted by molar-refractivity contribution is 5.90. The van der Waals surface area contributed by atoms with Gasteiger partial charge in [-0.25, -0.2) is 9.59 Å². The molecule has 0 saturated heterocycles. The molecule has 1 N–H and O–H groups in total. The van der Waals surface area contributed by atoms with E-state index in [2.05, 4.69) is 21.9 Å². The number of methoxy groups -OCH3 is 2. The van der Waals surface area contributed by atoms with Crippen LogP contribution in [0.5, 0.6) is 5.75 Å². The van der Waals surface area contributed by atoms with E-state index in [4.69, 9.17) is 9.47 Å². The fraction of sp³-hybridized carbons (Fsp3) is 0.444. The number of hydrogen-bond acceptors (Lipinski definition) is 5. The third-order valence-corrected chi connectivity index (χ3v) is 2.76. The number of rotatable bonds is 4. The topological polar surface area (TPSA) is 73.9 Å². The molecule has 6 heteroatoms. The lowest BCUT2D eigenvalue weighted by Gasteiger charge is -2.19. The zero-order chi connectivity index (χ0) is 18.2. The van der Waals surface area contributed by atoms with Crippen LogP contribution in [-0.4, -0.2) is 38.4 Å². The molecule has 1 amide bonds. The van der Waals surface area contributed by atoms with E-state index < -0.39 is 17.7 Å². The molecule has 6 nitrogen and oxygen atoms in total. The molecular weight excluding hydrogens is 310 g/mol. The van der Waals surface area contributed by atoms with Crippen molar-refractivity contribution in [2.45, 2.75) is 32.8 Å². The number of esters is 1. The Kier molecular flexibility index (Phi) is 7.12. The number of nitrogens with one attached hydrogen (secondary N) is 1. The summed E-state index contributed by atoms with van der Waals surface area (Å²) in [4.78, 5) is 23.0. The molecule has 0 unspecified atom stereocenters. The Morgan fingerprint density at radius 3 is 2.50 bits per heavy atom. The van der Waals surface area contributed by atoms with E-state index in [0.717, 1.165) is 0 Å². The van der Waals surface area contributed by atoms with Gasteiger partial charge in [-0.1, -0.05) is 11.8 Å². The Hall–Kier alpha value is -2.68. The second-order valence-corrected chi connectivity index (χ2v) is 5.89. The van der Waals surface area contributed by atoms with Gasteiger partial charge in [-0.3, -0.25) is 0 Å². The lowest BCUT2D eigenvalue weighted by molar-refractivity contribution is 0.0527. The molecule has 0 radical (unpaired) electrons. The molecule has 0 aliphatic heterocycles. The van der Waals surface area contributed by atoms with Gasteiger partial charge in [-0.2, -0.15) is 0 Å². The average molecular weight is 333 g/mol. The molecule has 0 aromatic heterocycles. The molecule has 0 fully saturated rings. The zero-order valence-electron chi connectivity index (χ0n) is 14.7. The van der Waals surface area contributed by atoms with Gasteiger partial charge in [0.25, 0.3) is 0 Å². The zero-order valence-corrected chi connectivity index (χ0v) is 14.7. The number of carbonyl (C=O) groups is 2. The molecule has 130 valence electrons. The largest absolute Gasteiger partial charge is 0.495 e. The number of benzene rings is 1. The van der Waals surface area contributed by atoms with Gasteiger partial charge in [-0.15, -0.1) is 0 Å². The van der Waals surface area contributed by atoms with E-state index in [0.29, 0.717) is 29.8 Å². The fourth-order valence-electron chi connectivity index (χ4n) is 1.75. The minimum absolute atomic E-state index is 0.362. The summed E-state index contributed by atoms with van der Waals surface area (Å²) >= 11 is 0. The summed E-state index contributed by atoms with van der Waals surface area (Å²) in [5.74, 6) is 5.98. The Labute approximate surface area is 142 Å². The number of carbonyl (C=O) groups excluding carboxylic acids is 2. The van der Waals surface area contributed by atoms with Crippen molar-refractivity contribution in [2.24, 2.45) is 0 Å². The summed E-state index contributed by atoms with van der Waals surface area (Å²) in [5.41, 5.74) is 0.449. The van der Waals surface area contributed by atoms with Crippen LogP contribution < -0.4 is 10.1 Å². The van der Waals surface area contributed by atoms with Crippen molar-refractivity contribution >= 4 is 12.1 Å². The first-order valence-electron chi connectivity index (χ1n) is 7.49. The van der Waals surface area contributed by atoms with Crippen molar-refractivity contribution < 1.29 is 23.8 Å². The second-order valence-electron chi connectivity index (χ2n) is 5.89. The number of hydrogen-bond donors (Lipinski definition) is 1. The van der Waals surface area contributed by atoms with Gasteiger partial charge >= 0.3 is 12.1 Å². The molecular formula is C18H23NO5. The second kappa shape index (κ2) is 8.82. The van der Waals surface area contributed by atoms with Crippen LogP contribution in [0.15, 0.2) is 18.2 Å². The van der Waals surface area contributed by atoms with E-state index in [-0.39, 0.29) is 0 Å². The van der Waals surface area contributed by atoms with Crippen LogP contribution in [0.2, 0.25) is 0 Å². The minimum atomic E-state index is -0.530. The third-order valence-electron chi connectivity index (χ3n) is 2.76. The SMILES string of the molecule is COC(=O)c1ccc(OC)c(C#CCCNC(=O)OC(C)(C)C)c1. The Bertz CT molecular complexity index is 650. The number of ether oxygens (including phenoxy) is 3. The summed E-state index contributed by atoms with van der Waals surface area (Å²) in [7, 11) is 2.85. The molecule has 0 aliphatic carbocycles. The summed E-state index contributed by atoms with van der Waals surface area (Å²) < 4.78 is 15.0. The summed E-state index contributed by atoms with van der Waals surface area (Å²) in [6, 6.07) is 4.88. The maximum absolute atomic E-state index is 11.6.